The Kier molecular flexibility index (Phi) is 8.01. The zero-order chi connectivity index (χ0) is 31.2. The molecular formula is C29H36F4N8O3. The van der Waals surface area contributed by atoms with Crippen LogP contribution in [0.2, 0.25) is 0 Å². The molecule has 0 spiro atoms. The Morgan fingerprint density at radius 2 is 1.89 bits per heavy atom. The summed E-state index contributed by atoms with van der Waals surface area (Å²) in [6.07, 6.45) is 6.19. The topological polar surface area (TPSA) is 119 Å². The number of hydrogen-bond donors (Lipinski definition) is 2. The molecule has 238 valence electrons. The van der Waals surface area contributed by atoms with E-state index >= 15 is 0 Å². The minimum Gasteiger partial charge on any atom is -0.376 e. The average molecular weight is 621 g/mol. The van der Waals surface area contributed by atoms with Gasteiger partial charge in [-0.05, 0) is 57.6 Å². The predicted molar refractivity (Wildman–Crippen MR) is 149 cm³/mol. The number of carbonyl (C=O) groups excluding carboxylic acids is 2. The van der Waals surface area contributed by atoms with Gasteiger partial charge in [0.1, 0.15) is 5.69 Å². The van der Waals surface area contributed by atoms with Crippen molar-refractivity contribution in [3.05, 3.63) is 47.7 Å². The second-order valence-electron chi connectivity index (χ2n) is 12.3. The molecule has 4 heterocycles. The molecular weight excluding hydrogens is 584 g/mol. The third kappa shape index (κ3) is 6.52. The van der Waals surface area contributed by atoms with E-state index in [0.29, 0.717) is 22.6 Å². The second kappa shape index (κ2) is 11.6. The van der Waals surface area contributed by atoms with Crippen LogP contribution in [0.3, 0.4) is 0 Å². The third-order valence-corrected chi connectivity index (χ3v) is 8.53. The standard InChI is InChI=1S/C29H36F4N8O3/c1-17(2)41-22(7-10-35-41)26(42)38-25(18-5-8-28(30,31)9-6-18)21-13-40-24(37-21)11-19(12-36-40)23(14-44-20-3-4-20)39-16-29(32,33)15-34-27(39)43/h7,10-13,17-18,20,23,25H,3-6,8-9,14-16H2,1-2H3,(H,34,43)(H,38,42)/t23-,25+/m1/s1. The number of amides is 3. The van der Waals surface area contributed by atoms with Gasteiger partial charge in [-0.15, -0.1) is 0 Å². The Morgan fingerprint density at radius 1 is 1.14 bits per heavy atom. The van der Waals surface area contributed by atoms with Crippen molar-refractivity contribution in [1.29, 1.82) is 0 Å². The van der Waals surface area contributed by atoms with Crippen LogP contribution in [0.5, 0.6) is 0 Å². The van der Waals surface area contributed by atoms with Gasteiger partial charge in [0.05, 0.1) is 56.0 Å². The fraction of sp³-hybridized carbons (Fsp3) is 0.621. The molecule has 3 fully saturated rings. The van der Waals surface area contributed by atoms with Crippen molar-refractivity contribution in [3.8, 4) is 0 Å². The fourth-order valence-corrected chi connectivity index (χ4v) is 5.95. The van der Waals surface area contributed by atoms with Gasteiger partial charge in [-0.25, -0.2) is 31.9 Å². The maximum atomic E-state index is 14.3. The first-order chi connectivity index (χ1) is 20.9. The number of ether oxygens (including phenoxy) is 1. The van der Waals surface area contributed by atoms with Crippen molar-refractivity contribution in [3.63, 3.8) is 0 Å². The van der Waals surface area contributed by atoms with Gasteiger partial charge in [0, 0.05) is 30.6 Å². The molecule has 0 bridgehead atoms. The van der Waals surface area contributed by atoms with Crippen LogP contribution in [-0.4, -0.2) is 78.9 Å². The number of aromatic nitrogens is 5. The summed E-state index contributed by atoms with van der Waals surface area (Å²) in [5.74, 6) is -6.58. The predicted octanol–water partition coefficient (Wildman–Crippen LogP) is 4.68. The SMILES string of the molecule is CC(C)n1nccc1C(=O)N[C@H](c1cn2ncc([C@@H](COC3CC3)N3CC(F)(F)CNC3=O)cc2n1)C1CCC(F)(F)CC1. The summed E-state index contributed by atoms with van der Waals surface area (Å²) in [5, 5.41) is 13.9. The number of alkyl halides is 4. The van der Waals surface area contributed by atoms with Gasteiger partial charge in [0.2, 0.25) is 5.92 Å². The van der Waals surface area contributed by atoms with E-state index in [9.17, 15) is 27.2 Å². The van der Waals surface area contributed by atoms with Crippen LogP contribution in [0.25, 0.3) is 5.65 Å². The summed E-state index contributed by atoms with van der Waals surface area (Å²) < 4.78 is 65.8. The maximum Gasteiger partial charge on any atom is 0.318 e. The Morgan fingerprint density at radius 3 is 2.59 bits per heavy atom. The van der Waals surface area contributed by atoms with E-state index < -0.39 is 49.0 Å². The molecule has 1 aliphatic heterocycles. The van der Waals surface area contributed by atoms with Crippen molar-refractivity contribution >= 4 is 17.6 Å². The first kappa shape index (κ1) is 30.3. The smallest absolute Gasteiger partial charge is 0.318 e. The molecule has 15 heteroatoms. The molecule has 3 amide bonds. The van der Waals surface area contributed by atoms with Crippen molar-refractivity contribution in [2.45, 2.75) is 88.4 Å². The first-order valence-corrected chi connectivity index (χ1v) is 15.0. The molecule has 2 aliphatic carbocycles. The summed E-state index contributed by atoms with van der Waals surface area (Å²) in [6.45, 7) is 2.30. The van der Waals surface area contributed by atoms with E-state index in [1.165, 1.54) is 16.9 Å². The summed E-state index contributed by atoms with van der Waals surface area (Å²) in [5.41, 5.74) is 1.58. The van der Waals surface area contributed by atoms with Crippen molar-refractivity contribution in [2.24, 2.45) is 5.92 Å². The van der Waals surface area contributed by atoms with Crippen molar-refractivity contribution in [1.82, 2.24) is 39.9 Å². The Labute approximate surface area is 251 Å². The van der Waals surface area contributed by atoms with E-state index in [4.69, 9.17) is 9.72 Å². The Balaban J connectivity index is 1.31. The molecule has 6 rings (SSSR count). The number of fused-ring (bicyclic) bond motifs is 1. The molecule has 2 N–H and O–H groups in total. The van der Waals surface area contributed by atoms with Gasteiger partial charge < -0.3 is 20.3 Å². The normalized spacial score (nSPS) is 21.8. The van der Waals surface area contributed by atoms with Crippen molar-refractivity contribution in [2.75, 3.05) is 19.7 Å². The number of halogens is 4. The van der Waals surface area contributed by atoms with Crippen LogP contribution in [-0.2, 0) is 4.74 Å². The highest BCUT2D eigenvalue weighted by Crippen LogP contribution is 2.41. The van der Waals surface area contributed by atoms with Crippen molar-refractivity contribution < 1.29 is 31.9 Å². The third-order valence-electron chi connectivity index (χ3n) is 8.53. The molecule has 11 nitrogen and oxygen atoms in total. The van der Waals surface area contributed by atoms with Crippen LogP contribution < -0.4 is 10.6 Å². The molecule has 3 aromatic rings. The molecule has 3 aromatic heterocycles. The van der Waals surface area contributed by atoms with Gasteiger partial charge in [-0.3, -0.25) is 9.48 Å². The first-order valence-electron chi connectivity index (χ1n) is 15.0. The molecule has 1 saturated heterocycles. The zero-order valence-corrected chi connectivity index (χ0v) is 24.6. The molecule has 3 aliphatic rings. The van der Waals surface area contributed by atoms with E-state index in [1.807, 2.05) is 13.8 Å². The molecule has 2 saturated carbocycles. The highest BCUT2D eigenvalue weighted by atomic mass is 19.3. The van der Waals surface area contributed by atoms with Gasteiger partial charge in [-0.1, -0.05) is 0 Å². The van der Waals surface area contributed by atoms with Crippen LogP contribution in [0.4, 0.5) is 22.4 Å². The molecule has 0 unspecified atom stereocenters. The summed E-state index contributed by atoms with van der Waals surface area (Å²) in [4.78, 5) is 31.9. The van der Waals surface area contributed by atoms with Gasteiger partial charge in [0.25, 0.3) is 11.8 Å². The van der Waals surface area contributed by atoms with Crippen LogP contribution in [0.1, 0.15) is 92.2 Å². The lowest BCUT2D eigenvalue weighted by atomic mass is 9.81. The van der Waals surface area contributed by atoms with E-state index in [0.717, 1.165) is 17.7 Å². The zero-order valence-electron chi connectivity index (χ0n) is 24.6. The Hall–Kier alpha value is -3.75. The number of hydrogen-bond acceptors (Lipinski definition) is 6. The number of carbonyl (C=O) groups is 2. The fourth-order valence-electron chi connectivity index (χ4n) is 5.95. The lowest BCUT2D eigenvalue weighted by Crippen LogP contribution is -2.58. The van der Waals surface area contributed by atoms with Crippen LogP contribution >= 0.6 is 0 Å². The maximum absolute atomic E-state index is 14.3. The molecule has 2 atom stereocenters. The number of rotatable bonds is 10. The monoisotopic (exact) mass is 620 g/mol. The summed E-state index contributed by atoms with van der Waals surface area (Å²) in [6, 6.07) is 1.02. The van der Waals surface area contributed by atoms with Crippen LogP contribution in [0.15, 0.2) is 30.7 Å². The number of urea groups is 1. The molecule has 0 aromatic carbocycles. The van der Waals surface area contributed by atoms with E-state index in [-0.39, 0.29) is 50.4 Å². The number of imidazole rings is 1. The minimum absolute atomic E-state index is 0.0120. The quantitative estimate of drug-likeness (QED) is 0.318. The van der Waals surface area contributed by atoms with Gasteiger partial charge in [-0.2, -0.15) is 10.2 Å². The largest absolute Gasteiger partial charge is 0.376 e. The number of nitrogens with zero attached hydrogens (tertiary/aromatic N) is 6. The van der Waals surface area contributed by atoms with Gasteiger partial charge in [0.15, 0.2) is 5.65 Å². The second-order valence-corrected chi connectivity index (χ2v) is 12.3. The lowest BCUT2D eigenvalue weighted by molar-refractivity contribution is -0.0542. The van der Waals surface area contributed by atoms with Crippen LogP contribution in [0, 0.1) is 5.92 Å². The lowest BCUT2D eigenvalue weighted by Gasteiger charge is -2.38. The Bertz CT molecular complexity index is 1510. The summed E-state index contributed by atoms with van der Waals surface area (Å²) >= 11 is 0. The average Bonchev–Trinajstić information content (AvgIpc) is 3.48. The van der Waals surface area contributed by atoms with Gasteiger partial charge >= 0.3 is 6.03 Å². The van der Waals surface area contributed by atoms with E-state index in [2.05, 4.69) is 20.8 Å². The molecule has 0 radical (unpaired) electrons. The summed E-state index contributed by atoms with van der Waals surface area (Å²) in [7, 11) is 0. The highest BCUT2D eigenvalue weighted by Gasteiger charge is 2.43. The highest BCUT2D eigenvalue weighted by molar-refractivity contribution is 5.92. The number of nitrogens with one attached hydrogen (secondary N) is 2. The molecule has 44 heavy (non-hydrogen) atoms. The van der Waals surface area contributed by atoms with E-state index in [1.54, 1.807) is 23.0 Å². The minimum atomic E-state index is -3.11.